The number of hydrogen-bond donors (Lipinski definition) is 2. The quantitative estimate of drug-likeness (QED) is 0.726. The Morgan fingerprint density at radius 1 is 1.38 bits per heavy atom. The molecule has 0 saturated carbocycles. The van der Waals surface area contributed by atoms with Crippen molar-refractivity contribution < 1.29 is 18.7 Å². The maximum atomic E-state index is 13.8. The highest BCUT2D eigenvalue weighted by Gasteiger charge is 2.41. The number of nitrogens with zero attached hydrogens (tertiary/aromatic N) is 2. The summed E-state index contributed by atoms with van der Waals surface area (Å²) in [6.07, 6.45) is 0.984. The Morgan fingerprint density at radius 3 is 2.83 bits per heavy atom. The first-order chi connectivity index (χ1) is 11.3. The fourth-order valence-electron chi connectivity index (χ4n) is 2.85. The Labute approximate surface area is 141 Å². The monoisotopic (exact) mass is 341 g/mol. The minimum atomic E-state index is -1.49. The number of halogens is 2. The van der Waals surface area contributed by atoms with Gasteiger partial charge in [0, 0.05) is 38.3 Å². The van der Waals surface area contributed by atoms with Crippen LogP contribution < -0.4 is 5.32 Å². The van der Waals surface area contributed by atoms with Crippen molar-refractivity contribution in [1.29, 1.82) is 0 Å². The summed E-state index contributed by atoms with van der Waals surface area (Å²) in [5, 5.41) is 13.7. The molecule has 1 aromatic rings. The molecule has 1 saturated heterocycles. The number of benzene rings is 1. The molecule has 1 aliphatic rings. The van der Waals surface area contributed by atoms with Gasteiger partial charge in [-0.05, 0) is 33.0 Å². The predicted molar refractivity (Wildman–Crippen MR) is 87.4 cm³/mol. The molecular weight excluding hydrogens is 316 g/mol. The first-order valence-electron chi connectivity index (χ1n) is 8.13. The number of hydrogen-bond acceptors (Lipinski definition) is 4. The standard InChI is InChI=1S/C17H25F2N3O2/c1-21(2)10-8-20-12-17(24)7-4-9-22(16(17)23)11-13-5-3-6-14(18)15(13)19/h3,5-6,20,24H,4,7-12H2,1-2H3/t17-/m0/s1. The van der Waals surface area contributed by atoms with Gasteiger partial charge in [0.1, 0.15) is 0 Å². The number of carbonyl (C=O) groups excluding carboxylic acids is 1. The molecular formula is C17H25F2N3O2. The third kappa shape index (κ3) is 4.49. The average molecular weight is 341 g/mol. The van der Waals surface area contributed by atoms with E-state index in [0.717, 1.165) is 12.6 Å². The van der Waals surface area contributed by atoms with Gasteiger partial charge in [-0.1, -0.05) is 12.1 Å². The molecule has 0 spiro atoms. The molecule has 1 fully saturated rings. The lowest BCUT2D eigenvalue weighted by molar-refractivity contribution is -0.157. The van der Waals surface area contributed by atoms with Gasteiger partial charge in [-0.15, -0.1) is 0 Å². The molecule has 2 N–H and O–H groups in total. The highest BCUT2D eigenvalue weighted by atomic mass is 19.2. The number of likely N-dealkylation sites (tertiary alicyclic amines) is 1. The summed E-state index contributed by atoms with van der Waals surface area (Å²) >= 11 is 0. The topological polar surface area (TPSA) is 55.8 Å². The normalized spacial score (nSPS) is 21.6. The summed E-state index contributed by atoms with van der Waals surface area (Å²) in [5.74, 6) is -2.31. The van der Waals surface area contributed by atoms with E-state index in [1.165, 1.54) is 17.0 Å². The fourth-order valence-corrected chi connectivity index (χ4v) is 2.85. The zero-order valence-corrected chi connectivity index (χ0v) is 14.2. The summed E-state index contributed by atoms with van der Waals surface area (Å²) in [5.41, 5.74) is -1.37. The number of piperidine rings is 1. The average Bonchev–Trinajstić information content (AvgIpc) is 2.53. The predicted octanol–water partition coefficient (Wildman–Crippen LogP) is 0.970. The van der Waals surface area contributed by atoms with Crippen LogP contribution in [0.2, 0.25) is 0 Å². The lowest BCUT2D eigenvalue weighted by Gasteiger charge is -2.38. The number of nitrogens with one attached hydrogen (secondary N) is 1. The van der Waals surface area contributed by atoms with E-state index < -0.39 is 23.1 Å². The van der Waals surface area contributed by atoms with Gasteiger partial charge in [-0.25, -0.2) is 8.78 Å². The Balaban J connectivity index is 1.99. The van der Waals surface area contributed by atoms with E-state index >= 15 is 0 Å². The number of likely N-dealkylation sites (N-methyl/N-ethyl adjacent to an activating group) is 1. The molecule has 1 amide bonds. The van der Waals surface area contributed by atoms with Crippen LogP contribution in [0.1, 0.15) is 18.4 Å². The molecule has 24 heavy (non-hydrogen) atoms. The first kappa shape index (κ1) is 18.8. The Morgan fingerprint density at radius 2 is 2.12 bits per heavy atom. The van der Waals surface area contributed by atoms with Crippen molar-refractivity contribution >= 4 is 5.91 Å². The van der Waals surface area contributed by atoms with Crippen molar-refractivity contribution in [2.75, 3.05) is 40.3 Å². The Bertz CT molecular complexity index is 583. The summed E-state index contributed by atoms with van der Waals surface area (Å²) in [4.78, 5) is 16.0. The van der Waals surface area contributed by atoms with Gasteiger partial charge in [-0.2, -0.15) is 0 Å². The number of amides is 1. The molecule has 7 heteroatoms. The SMILES string of the molecule is CN(C)CCNC[C@@]1(O)CCCN(Cc2cccc(F)c2F)C1=O. The van der Waals surface area contributed by atoms with Gasteiger partial charge < -0.3 is 20.2 Å². The van der Waals surface area contributed by atoms with Gasteiger partial charge in [0.05, 0.1) is 0 Å². The van der Waals surface area contributed by atoms with Crippen LogP contribution in [0.4, 0.5) is 8.78 Å². The number of aliphatic hydroxyl groups is 1. The van der Waals surface area contributed by atoms with Crippen LogP contribution in [0.25, 0.3) is 0 Å². The molecule has 0 unspecified atom stereocenters. The van der Waals surface area contributed by atoms with Crippen molar-refractivity contribution in [2.45, 2.75) is 25.0 Å². The first-order valence-corrected chi connectivity index (χ1v) is 8.13. The third-order valence-electron chi connectivity index (χ3n) is 4.25. The molecule has 0 radical (unpaired) electrons. The van der Waals surface area contributed by atoms with E-state index in [1.54, 1.807) is 0 Å². The second-order valence-electron chi connectivity index (χ2n) is 6.55. The van der Waals surface area contributed by atoms with Crippen LogP contribution in [-0.4, -0.2) is 66.7 Å². The largest absolute Gasteiger partial charge is 0.379 e. The minimum absolute atomic E-state index is 0.0393. The molecule has 1 aliphatic heterocycles. The summed E-state index contributed by atoms with van der Waals surface area (Å²) in [7, 11) is 3.88. The van der Waals surface area contributed by atoms with Crippen molar-refractivity contribution in [2.24, 2.45) is 0 Å². The van der Waals surface area contributed by atoms with Crippen LogP contribution in [-0.2, 0) is 11.3 Å². The van der Waals surface area contributed by atoms with Crippen LogP contribution >= 0.6 is 0 Å². The van der Waals surface area contributed by atoms with Crippen molar-refractivity contribution in [3.05, 3.63) is 35.4 Å². The van der Waals surface area contributed by atoms with E-state index in [-0.39, 0.29) is 18.7 Å². The van der Waals surface area contributed by atoms with Crippen molar-refractivity contribution in [1.82, 2.24) is 15.1 Å². The summed E-state index contributed by atoms with van der Waals surface area (Å²) in [6, 6.07) is 3.91. The molecule has 0 aliphatic carbocycles. The Kier molecular flexibility index (Phi) is 6.26. The Hall–Kier alpha value is -1.57. The smallest absolute Gasteiger partial charge is 0.256 e. The lowest BCUT2D eigenvalue weighted by Crippen LogP contribution is -2.58. The van der Waals surface area contributed by atoms with Gasteiger partial charge >= 0.3 is 0 Å². The van der Waals surface area contributed by atoms with Crippen molar-refractivity contribution in [3.8, 4) is 0 Å². The molecule has 0 aromatic heterocycles. The fraction of sp³-hybridized carbons (Fsp3) is 0.588. The minimum Gasteiger partial charge on any atom is -0.379 e. The van der Waals surface area contributed by atoms with E-state index in [4.69, 9.17) is 0 Å². The van der Waals surface area contributed by atoms with E-state index in [0.29, 0.717) is 25.9 Å². The highest BCUT2D eigenvalue weighted by molar-refractivity contribution is 5.86. The molecule has 0 bridgehead atoms. The van der Waals surface area contributed by atoms with Crippen molar-refractivity contribution in [3.63, 3.8) is 0 Å². The van der Waals surface area contributed by atoms with Crippen LogP contribution in [0, 0.1) is 11.6 Å². The van der Waals surface area contributed by atoms with E-state index in [9.17, 15) is 18.7 Å². The second kappa shape index (κ2) is 8.00. The number of carbonyl (C=O) groups is 1. The number of rotatable bonds is 7. The maximum absolute atomic E-state index is 13.8. The van der Waals surface area contributed by atoms with Crippen LogP contribution in [0.5, 0.6) is 0 Å². The zero-order valence-electron chi connectivity index (χ0n) is 14.2. The molecule has 1 aromatic carbocycles. The van der Waals surface area contributed by atoms with Gasteiger partial charge in [-0.3, -0.25) is 4.79 Å². The second-order valence-corrected chi connectivity index (χ2v) is 6.55. The molecule has 5 nitrogen and oxygen atoms in total. The van der Waals surface area contributed by atoms with Gasteiger partial charge in [0.15, 0.2) is 17.2 Å². The summed E-state index contributed by atoms with van der Waals surface area (Å²) < 4.78 is 27.1. The zero-order chi connectivity index (χ0) is 17.7. The van der Waals surface area contributed by atoms with Crippen LogP contribution in [0.3, 0.4) is 0 Å². The highest BCUT2D eigenvalue weighted by Crippen LogP contribution is 2.24. The lowest BCUT2D eigenvalue weighted by atomic mass is 9.91. The maximum Gasteiger partial charge on any atom is 0.256 e. The molecule has 2 rings (SSSR count). The van der Waals surface area contributed by atoms with E-state index in [2.05, 4.69) is 5.32 Å². The molecule has 1 atom stereocenters. The van der Waals surface area contributed by atoms with Crippen LogP contribution in [0.15, 0.2) is 18.2 Å². The van der Waals surface area contributed by atoms with E-state index in [1.807, 2.05) is 19.0 Å². The van der Waals surface area contributed by atoms with Gasteiger partial charge in [0.2, 0.25) is 0 Å². The molecule has 134 valence electrons. The van der Waals surface area contributed by atoms with Gasteiger partial charge in [0.25, 0.3) is 5.91 Å². The summed E-state index contributed by atoms with van der Waals surface area (Å²) in [6.45, 7) is 1.99. The third-order valence-corrected chi connectivity index (χ3v) is 4.25. The molecule has 1 heterocycles.